The molecule has 3 aromatic rings. The molecule has 28 heavy (non-hydrogen) atoms. The van der Waals surface area contributed by atoms with Crippen molar-refractivity contribution in [3.63, 3.8) is 0 Å². The Morgan fingerprint density at radius 3 is 2.61 bits per heavy atom. The van der Waals surface area contributed by atoms with E-state index in [-0.39, 0.29) is 29.9 Å². The van der Waals surface area contributed by atoms with Gasteiger partial charge < -0.3 is 20.5 Å². The summed E-state index contributed by atoms with van der Waals surface area (Å²) >= 11 is 5.94. The molecule has 2 aromatic carbocycles. The third-order valence-electron chi connectivity index (χ3n) is 3.72. The molecular formula is C19H18ClN5O3. The molecule has 0 saturated heterocycles. The summed E-state index contributed by atoms with van der Waals surface area (Å²) in [6.07, 6.45) is 0. The Morgan fingerprint density at radius 2 is 1.89 bits per heavy atom. The smallest absolute Gasteiger partial charge is 0.342 e. The maximum absolute atomic E-state index is 12.4. The van der Waals surface area contributed by atoms with Gasteiger partial charge in [-0.1, -0.05) is 29.3 Å². The van der Waals surface area contributed by atoms with Crippen LogP contribution in [0.4, 0.5) is 17.6 Å². The van der Waals surface area contributed by atoms with Gasteiger partial charge in [0.1, 0.15) is 11.3 Å². The first-order valence-corrected chi connectivity index (χ1v) is 8.67. The minimum Gasteiger partial charge on any atom is -0.496 e. The molecule has 0 unspecified atom stereocenters. The van der Waals surface area contributed by atoms with Crippen molar-refractivity contribution < 1.29 is 14.3 Å². The molecule has 0 radical (unpaired) electrons. The molecule has 0 bridgehead atoms. The zero-order chi connectivity index (χ0) is 20.1. The van der Waals surface area contributed by atoms with Crippen molar-refractivity contribution in [3.8, 4) is 5.75 Å². The Balaban J connectivity index is 1.72. The van der Waals surface area contributed by atoms with E-state index in [0.717, 1.165) is 11.3 Å². The highest BCUT2D eigenvalue weighted by Crippen LogP contribution is 2.23. The normalized spacial score (nSPS) is 10.4. The predicted octanol–water partition coefficient (Wildman–Crippen LogP) is 3.52. The van der Waals surface area contributed by atoms with Crippen molar-refractivity contribution >= 4 is 35.2 Å². The summed E-state index contributed by atoms with van der Waals surface area (Å²) < 4.78 is 10.4. The average Bonchev–Trinajstić information content (AvgIpc) is 2.67. The molecule has 0 amide bonds. The summed E-state index contributed by atoms with van der Waals surface area (Å²) in [5, 5.41) is 3.43. The molecule has 0 spiro atoms. The Labute approximate surface area is 166 Å². The fraction of sp³-hybridized carbons (Fsp3) is 0.158. The Kier molecular flexibility index (Phi) is 5.90. The summed E-state index contributed by atoms with van der Waals surface area (Å²) in [4.78, 5) is 24.6. The number of methoxy groups -OCH3 is 1. The molecule has 9 heteroatoms. The van der Waals surface area contributed by atoms with Gasteiger partial charge in [0.05, 0.1) is 7.11 Å². The molecule has 3 N–H and O–H groups in total. The first-order chi connectivity index (χ1) is 13.4. The molecule has 1 aromatic heterocycles. The SMILES string of the molecule is COc1ccc(Cl)cc1C(=O)OCc1nc(N)nc(Nc2ccc(C)cc2)n1. The standard InChI is InChI=1S/C19H18ClN5O3/c1-11-3-6-13(7-4-11)22-19-24-16(23-18(21)25-19)10-28-17(26)14-9-12(20)5-8-15(14)27-2/h3-9H,10H2,1-2H3,(H3,21,22,23,24,25). The van der Waals surface area contributed by atoms with Gasteiger partial charge in [-0.15, -0.1) is 0 Å². The number of aromatic nitrogens is 3. The number of aryl methyl sites for hydroxylation is 1. The number of hydrogen-bond acceptors (Lipinski definition) is 8. The highest BCUT2D eigenvalue weighted by Gasteiger charge is 2.16. The Bertz CT molecular complexity index is 995. The number of halogens is 1. The first kappa shape index (κ1) is 19.4. The van der Waals surface area contributed by atoms with Crippen LogP contribution in [0.2, 0.25) is 5.02 Å². The van der Waals surface area contributed by atoms with Crippen LogP contribution in [-0.2, 0) is 11.3 Å². The molecule has 0 aliphatic carbocycles. The number of nitrogens with zero attached hydrogens (tertiary/aromatic N) is 3. The number of nitrogen functional groups attached to an aromatic ring is 1. The summed E-state index contributed by atoms with van der Waals surface area (Å²) in [6, 6.07) is 12.4. The topological polar surface area (TPSA) is 112 Å². The maximum Gasteiger partial charge on any atom is 0.342 e. The zero-order valence-electron chi connectivity index (χ0n) is 15.3. The summed E-state index contributed by atoms with van der Waals surface area (Å²) in [5.41, 5.74) is 7.87. The van der Waals surface area contributed by atoms with E-state index >= 15 is 0 Å². The second kappa shape index (κ2) is 8.53. The molecule has 144 valence electrons. The van der Waals surface area contributed by atoms with Gasteiger partial charge in [0.2, 0.25) is 11.9 Å². The molecule has 3 rings (SSSR count). The lowest BCUT2D eigenvalue weighted by Crippen LogP contribution is -2.12. The summed E-state index contributed by atoms with van der Waals surface area (Å²) in [5.74, 6) is 0.202. The third kappa shape index (κ3) is 4.86. The van der Waals surface area contributed by atoms with E-state index in [0.29, 0.717) is 10.8 Å². The lowest BCUT2D eigenvalue weighted by molar-refractivity contribution is 0.0458. The zero-order valence-corrected chi connectivity index (χ0v) is 16.0. The average molecular weight is 400 g/mol. The van der Waals surface area contributed by atoms with E-state index in [1.54, 1.807) is 12.1 Å². The maximum atomic E-state index is 12.4. The number of ether oxygens (including phenoxy) is 2. The molecule has 0 fully saturated rings. The number of carbonyl (C=O) groups is 1. The fourth-order valence-corrected chi connectivity index (χ4v) is 2.54. The van der Waals surface area contributed by atoms with Crippen molar-refractivity contribution in [1.29, 1.82) is 0 Å². The van der Waals surface area contributed by atoms with Crippen molar-refractivity contribution in [2.24, 2.45) is 0 Å². The Morgan fingerprint density at radius 1 is 1.14 bits per heavy atom. The number of anilines is 3. The summed E-state index contributed by atoms with van der Waals surface area (Å²) in [6.45, 7) is 1.80. The number of hydrogen-bond donors (Lipinski definition) is 2. The number of benzene rings is 2. The van der Waals surface area contributed by atoms with Crippen molar-refractivity contribution in [2.45, 2.75) is 13.5 Å². The number of esters is 1. The van der Waals surface area contributed by atoms with E-state index in [2.05, 4.69) is 20.3 Å². The lowest BCUT2D eigenvalue weighted by atomic mass is 10.2. The predicted molar refractivity (Wildman–Crippen MR) is 106 cm³/mol. The van der Waals surface area contributed by atoms with E-state index in [9.17, 15) is 4.79 Å². The Hall–Kier alpha value is -3.39. The minimum absolute atomic E-state index is 0.0102. The van der Waals surface area contributed by atoms with Crippen molar-refractivity contribution in [1.82, 2.24) is 15.0 Å². The van der Waals surface area contributed by atoms with Gasteiger partial charge in [0.15, 0.2) is 12.4 Å². The second-order valence-corrected chi connectivity index (χ2v) is 6.28. The van der Waals surface area contributed by atoms with Crippen LogP contribution in [0.25, 0.3) is 0 Å². The highest BCUT2D eigenvalue weighted by atomic mass is 35.5. The fourth-order valence-electron chi connectivity index (χ4n) is 2.37. The van der Waals surface area contributed by atoms with Gasteiger partial charge in [0.25, 0.3) is 0 Å². The van der Waals surface area contributed by atoms with Crippen LogP contribution >= 0.6 is 11.6 Å². The molecule has 1 heterocycles. The molecule has 0 saturated carbocycles. The highest BCUT2D eigenvalue weighted by molar-refractivity contribution is 6.31. The lowest BCUT2D eigenvalue weighted by Gasteiger charge is -2.10. The number of rotatable bonds is 6. The van der Waals surface area contributed by atoms with Gasteiger partial charge in [-0.2, -0.15) is 15.0 Å². The van der Waals surface area contributed by atoms with Crippen LogP contribution in [0.15, 0.2) is 42.5 Å². The van der Waals surface area contributed by atoms with E-state index < -0.39 is 5.97 Å². The van der Waals surface area contributed by atoms with Crippen LogP contribution in [0, 0.1) is 6.92 Å². The number of nitrogens with two attached hydrogens (primary N) is 1. The van der Waals surface area contributed by atoms with Crippen molar-refractivity contribution in [2.75, 3.05) is 18.2 Å². The first-order valence-electron chi connectivity index (χ1n) is 8.29. The minimum atomic E-state index is -0.619. The molecular weight excluding hydrogens is 382 g/mol. The second-order valence-electron chi connectivity index (χ2n) is 5.85. The van der Waals surface area contributed by atoms with Gasteiger partial charge >= 0.3 is 5.97 Å². The van der Waals surface area contributed by atoms with Gasteiger partial charge in [0, 0.05) is 10.7 Å². The summed E-state index contributed by atoms with van der Waals surface area (Å²) in [7, 11) is 1.45. The molecule has 0 aliphatic heterocycles. The monoisotopic (exact) mass is 399 g/mol. The molecule has 0 aliphatic rings. The van der Waals surface area contributed by atoms with Gasteiger partial charge in [-0.25, -0.2) is 4.79 Å². The van der Waals surface area contributed by atoms with E-state index in [1.165, 1.54) is 13.2 Å². The van der Waals surface area contributed by atoms with Crippen LogP contribution in [0.5, 0.6) is 5.75 Å². The quantitative estimate of drug-likeness (QED) is 0.605. The van der Waals surface area contributed by atoms with E-state index in [1.807, 2.05) is 31.2 Å². The number of carbonyl (C=O) groups excluding carboxylic acids is 1. The van der Waals surface area contributed by atoms with Crippen LogP contribution in [0.1, 0.15) is 21.7 Å². The van der Waals surface area contributed by atoms with Gasteiger partial charge in [-0.3, -0.25) is 0 Å². The van der Waals surface area contributed by atoms with Crippen molar-refractivity contribution in [3.05, 3.63) is 64.4 Å². The van der Waals surface area contributed by atoms with E-state index in [4.69, 9.17) is 26.8 Å². The molecule has 8 nitrogen and oxygen atoms in total. The van der Waals surface area contributed by atoms with Crippen LogP contribution < -0.4 is 15.8 Å². The third-order valence-corrected chi connectivity index (χ3v) is 3.96. The van der Waals surface area contributed by atoms with Gasteiger partial charge in [-0.05, 0) is 37.3 Å². The molecule has 0 atom stereocenters. The van der Waals surface area contributed by atoms with Crippen LogP contribution in [0.3, 0.4) is 0 Å². The number of nitrogens with one attached hydrogen (secondary N) is 1. The van der Waals surface area contributed by atoms with Crippen LogP contribution in [-0.4, -0.2) is 28.0 Å². The largest absolute Gasteiger partial charge is 0.496 e.